The largest absolute Gasteiger partial charge is 0.300 e. The summed E-state index contributed by atoms with van der Waals surface area (Å²) in [5.41, 5.74) is 3.14. The highest BCUT2D eigenvalue weighted by Crippen LogP contribution is 2.33. The van der Waals surface area contributed by atoms with E-state index in [4.69, 9.17) is 0 Å². The Bertz CT molecular complexity index is 1190. The molecule has 0 aliphatic heterocycles. The number of imidazole rings is 1. The molecule has 0 fully saturated rings. The number of aryl methyl sites for hydroxylation is 1. The van der Waals surface area contributed by atoms with Gasteiger partial charge in [0.2, 0.25) is 11.2 Å². The fourth-order valence-electron chi connectivity index (χ4n) is 3.78. The van der Waals surface area contributed by atoms with Crippen LogP contribution in [0.4, 0.5) is 0 Å². The molecule has 0 amide bonds. The van der Waals surface area contributed by atoms with Gasteiger partial charge in [-0.1, -0.05) is 49.0 Å². The van der Waals surface area contributed by atoms with E-state index in [-0.39, 0.29) is 5.43 Å². The molecule has 3 aromatic heterocycles. The SMILES string of the molecule is CCCSc1nnc2n(Cc3ccccc3)c3c(=O)c4c(sc3n12)CCC4. The smallest absolute Gasteiger partial charge is 0.238 e. The molecule has 0 bridgehead atoms. The number of nitrogens with zero attached hydrogens (tertiary/aromatic N) is 4. The van der Waals surface area contributed by atoms with E-state index in [1.165, 1.54) is 4.88 Å². The van der Waals surface area contributed by atoms with Gasteiger partial charge in [-0.15, -0.1) is 21.5 Å². The first-order chi connectivity index (χ1) is 13.3. The topological polar surface area (TPSA) is 52.2 Å². The van der Waals surface area contributed by atoms with E-state index in [1.807, 2.05) is 18.2 Å². The van der Waals surface area contributed by atoms with Gasteiger partial charge in [0.25, 0.3) is 0 Å². The Morgan fingerprint density at radius 3 is 2.85 bits per heavy atom. The summed E-state index contributed by atoms with van der Waals surface area (Å²) in [5.74, 6) is 1.76. The minimum atomic E-state index is 0.184. The van der Waals surface area contributed by atoms with Crippen LogP contribution in [0.3, 0.4) is 0 Å². The predicted molar refractivity (Wildman–Crippen MR) is 111 cm³/mol. The number of hydrogen-bond donors (Lipinski definition) is 0. The van der Waals surface area contributed by atoms with E-state index in [1.54, 1.807) is 23.1 Å². The molecule has 1 aliphatic carbocycles. The zero-order valence-electron chi connectivity index (χ0n) is 15.1. The first-order valence-electron chi connectivity index (χ1n) is 9.37. The molecule has 1 aromatic carbocycles. The van der Waals surface area contributed by atoms with Gasteiger partial charge in [-0.25, -0.2) is 4.40 Å². The van der Waals surface area contributed by atoms with E-state index in [0.717, 1.165) is 63.8 Å². The molecular weight excluding hydrogens is 376 g/mol. The summed E-state index contributed by atoms with van der Waals surface area (Å²) in [4.78, 5) is 15.6. The van der Waals surface area contributed by atoms with Crippen LogP contribution in [0.1, 0.15) is 35.8 Å². The van der Waals surface area contributed by atoms with Gasteiger partial charge in [0.05, 0.1) is 6.54 Å². The van der Waals surface area contributed by atoms with Crippen LogP contribution in [-0.2, 0) is 19.4 Å². The molecule has 0 saturated heterocycles. The predicted octanol–water partition coefficient (Wildman–Crippen LogP) is 4.14. The average Bonchev–Trinajstić information content (AvgIpc) is 3.38. The van der Waals surface area contributed by atoms with E-state index >= 15 is 0 Å². The summed E-state index contributed by atoms with van der Waals surface area (Å²) in [6, 6.07) is 10.3. The van der Waals surface area contributed by atoms with Crippen LogP contribution < -0.4 is 5.43 Å². The van der Waals surface area contributed by atoms with Crippen molar-refractivity contribution < 1.29 is 0 Å². The maximum atomic E-state index is 13.3. The summed E-state index contributed by atoms with van der Waals surface area (Å²) in [5, 5.41) is 9.79. The quantitative estimate of drug-likeness (QED) is 0.476. The van der Waals surface area contributed by atoms with Crippen LogP contribution in [0.5, 0.6) is 0 Å². The second kappa shape index (κ2) is 6.80. The lowest BCUT2D eigenvalue weighted by atomic mass is 10.2. The number of hydrogen-bond acceptors (Lipinski definition) is 5. The minimum Gasteiger partial charge on any atom is -0.300 e. The summed E-state index contributed by atoms with van der Waals surface area (Å²) in [6.45, 7) is 2.79. The number of thioether (sulfide) groups is 1. The Morgan fingerprint density at radius 2 is 2.04 bits per heavy atom. The van der Waals surface area contributed by atoms with Crippen molar-refractivity contribution in [2.75, 3.05) is 5.75 Å². The van der Waals surface area contributed by atoms with Gasteiger partial charge in [0.1, 0.15) is 10.3 Å². The molecule has 5 nitrogen and oxygen atoms in total. The highest BCUT2D eigenvalue weighted by molar-refractivity contribution is 7.99. The molecule has 1 aliphatic rings. The van der Waals surface area contributed by atoms with E-state index in [9.17, 15) is 4.79 Å². The Morgan fingerprint density at radius 1 is 1.19 bits per heavy atom. The lowest BCUT2D eigenvalue weighted by Gasteiger charge is -2.05. The van der Waals surface area contributed by atoms with Crippen LogP contribution >= 0.6 is 23.1 Å². The normalized spacial score (nSPS) is 13.7. The number of benzene rings is 1. The van der Waals surface area contributed by atoms with Gasteiger partial charge in [-0.05, 0) is 31.2 Å². The van der Waals surface area contributed by atoms with Crippen molar-refractivity contribution in [2.24, 2.45) is 0 Å². The molecule has 0 atom stereocenters. The van der Waals surface area contributed by atoms with Crippen LogP contribution in [0.2, 0.25) is 0 Å². The summed E-state index contributed by atoms with van der Waals surface area (Å²) >= 11 is 3.46. The maximum absolute atomic E-state index is 13.3. The molecule has 3 heterocycles. The van der Waals surface area contributed by atoms with Crippen molar-refractivity contribution in [1.82, 2.24) is 19.2 Å². The lowest BCUT2D eigenvalue weighted by Crippen LogP contribution is -2.13. The van der Waals surface area contributed by atoms with Crippen molar-refractivity contribution in [3.8, 4) is 0 Å². The Hall–Kier alpha value is -2.12. The monoisotopic (exact) mass is 396 g/mol. The van der Waals surface area contributed by atoms with Crippen LogP contribution in [0, 0.1) is 0 Å². The molecule has 0 spiro atoms. The summed E-state index contributed by atoms with van der Waals surface area (Å²) in [6.07, 6.45) is 4.06. The van der Waals surface area contributed by atoms with Gasteiger partial charge in [0, 0.05) is 16.2 Å². The van der Waals surface area contributed by atoms with E-state index in [0.29, 0.717) is 6.54 Å². The molecule has 0 saturated carbocycles. The number of rotatable bonds is 5. The average molecular weight is 397 g/mol. The van der Waals surface area contributed by atoms with Crippen molar-refractivity contribution in [3.05, 3.63) is 56.6 Å². The van der Waals surface area contributed by atoms with E-state index in [2.05, 4.69) is 38.2 Å². The Kier molecular flexibility index (Phi) is 4.28. The highest BCUT2D eigenvalue weighted by Gasteiger charge is 2.25. The minimum absolute atomic E-state index is 0.184. The van der Waals surface area contributed by atoms with Crippen LogP contribution in [-0.4, -0.2) is 24.9 Å². The summed E-state index contributed by atoms with van der Waals surface area (Å²) < 4.78 is 4.16. The highest BCUT2D eigenvalue weighted by atomic mass is 32.2. The Labute approximate surface area is 165 Å². The standard InChI is InChI=1S/C20H20N4OS2/c1-2-11-26-20-22-21-19-23(12-13-7-4-3-5-8-13)16-17(25)14-9-6-10-15(14)27-18(16)24(19)20/h3-5,7-8H,2,6,9-12H2,1H3. The molecule has 5 rings (SSSR count). The first-order valence-corrected chi connectivity index (χ1v) is 11.2. The zero-order chi connectivity index (χ0) is 18.4. The third-order valence-electron chi connectivity index (χ3n) is 5.03. The molecule has 7 heteroatoms. The van der Waals surface area contributed by atoms with Crippen molar-refractivity contribution >= 4 is 39.2 Å². The second-order valence-electron chi connectivity index (χ2n) is 6.88. The molecule has 138 valence electrons. The molecule has 0 radical (unpaired) electrons. The fourth-order valence-corrected chi connectivity index (χ4v) is 5.98. The van der Waals surface area contributed by atoms with Gasteiger partial charge < -0.3 is 0 Å². The van der Waals surface area contributed by atoms with Gasteiger partial charge in [-0.2, -0.15) is 0 Å². The molecule has 0 unspecified atom stereocenters. The maximum Gasteiger partial charge on any atom is 0.238 e. The molecule has 4 aromatic rings. The summed E-state index contributed by atoms with van der Waals surface area (Å²) in [7, 11) is 0. The third kappa shape index (κ3) is 2.72. The molecular formula is C20H20N4OS2. The van der Waals surface area contributed by atoms with Crippen molar-refractivity contribution in [2.45, 2.75) is 44.3 Å². The lowest BCUT2D eigenvalue weighted by molar-refractivity contribution is 0.836. The van der Waals surface area contributed by atoms with Crippen LogP contribution in [0.15, 0.2) is 40.3 Å². The third-order valence-corrected chi connectivity index (χ3v) is 7.43. The van der Waals surface area contributed by atoms with Gasteiger partial charge in [0.15, 0.2) is 5.16 Å². The first kappa shape index (κ1) is 17.0. The fraction of sp³-hybridized carbons (Fsp3) is 0.350. The van der Waals surface area contributed by atoms with E-state index < -0.39 is 0 Å². The number of fused-ring (bicyclic) bond motifs is 4. The Balaban J connectivity index is 1.80. The van der Waals surface area contributed by atoms with Gasteiger partial charge in [-0.3, -0.25) is 9.36 Å². The zero-order valence-corrected chi connectivity index (χ0v) is 16.8. The van der Waals surface area contributed by atoms with Crippen molar-refractivity contribution in [3.63, 3.8) is 0 Å². The number of aromatic nitrogens is 4. The van der Waals surface area contributed by atoms with Crippen molar-refractivity contribution in [1.29, 1.82) is 0 Å². The molecule has 0 N–H and O–H groups in total. The molecule has 27 heavy (non-hydrogen) atoms. The van der Waals surface area contributed by atoms with Gasteiger partial charge >= 0.3 is 0 Å². The van der Waals surface area contributed by atoms with Crippen LogP contribution in [0.25, 0.3) is 16.1 Å². The second-order valence-corrected chi connectivity index (χ2v) is 9.02.